The number of nitrogens with zero attached hydrogens (tertiary/aromatic N) is 6. The Morgan fingerprint density at radius 2 is 0.756 bits per heavy atom. The summed E-state index contributed by atoms with van der Waals surface area (Å²) in [5.74, 6) is 0.890. The molecular weight excluding hydrogens is 949 g/mol. The molecule has 2 aliphatic carbocycles. The number of allylic oxidation sites excluding steroid dienone is 2. The van der Waals surface area contributed by atoms with E-state index in [2.05, 4.69) is 275 Å². The molecule has 6 nitrogen and oxygen atoms in total. The van der Waals surface area contributed by atoms with Crippen molar-refractivity contribution in [2.24, 2.45) is 11.8 Å². The van der Waals surface area contributed by atoms with Crippen LogP contribution in [0.1, 0.15) is 36.4 Å². The van der Waals surface area contributed by atoms with Crippen LogP contribution in [0.2, 0.25) is 0 Å². The summed E-state index contributed by atoms with van der Waals surface area (Å²) in [6.45, 7) is 4.63. The highest BCUT2D eigenvalue weighted by atomic mass is 15.0. The Balaban J connectivity index is 0.905. The van der Waals surface area contributed by atoms with E-state index < -0.39 is 0 Å². The molecule has 16 rings (SSSR count). The largest absolute Gasteiger partial charge is 0.313 e. The van der Waals surface area contributed by atoms with Crippen LogP contribution in [0.15, 0.2) is 231 Å². The second-order valence-corrected chi connectivity index (χ2v) is 21.5. The lowest BCUT2D eigenvalue weighted by Gasteiger charge is -2.21. The normalized spacial score (nSPS) is 15.1. The van der Waals surface area contributed by atoms with E-state index in [9.17, 15) is 0 Å². The van der Waals surface area contributed by atoms with E-state index in [0.29, 0.717) is 11.8 Å². The van der Waals surface area contributed by atoms with Crippen molar-refractivity contribution in [3.05, 3.63) is 253 Å². The van der Waals surface area contributed by atoms with Crippen molar-refractivity contribution < 1.29 is 0 Å². The van der Waals surface area contributed by atoms with Gasteiger partial charge in [-0.15, -0.1) is 0 Å². The van der Waals surface area contributed by atoms with E-state index in [1.807, 2.05) is 0 Å². The molecule has 2 unspecified atom stereocenters. The van der Waals surface area contributed by atoms with Gasteiger partial charge in [0.25, 0.3) is 0 Å². The lowest BCUT2D eigenvalue weighted by Crippen LogP contribution is -2.10. The average Bonchev–Trinajstić information content (AvgIpc) is 4.24. The minimum atomic E-state index is 0.432. The van der Waals surface area contributed by atoms with E-state index in [1.54, 1.807) is 0 Å². The third kappa shape index (κ3) is 6.75. The highest BCUT2D eigenvalue weighted by Crippen LogP contribution is 2.43. The highest BCUT2D eigenvalue weighted by molar-refractivity contribution is 6.11. The molecule has 6 aromatic heterocycles. The molecule has 6 heteroatoms. The summed E-state index contributed by atoms with van der Waals surface area (Å²) in [5.41, 5.74) is 22.1. The van der Waals surface area contributed by atoms with Gasteiger partial charge in [0.15, 0.2) is 0 Å². The van der Waals surface area contributed by atoms with Gasteiger partial charge in [-0.05, 0) is 133 Å². The van der Waals surface area contributed by atoms with Crippen LogP contribution in [0.4, 0.5) is 0 Å². The van der Waals surface area contributed by atoms with Crippen molar-refractivity contribution in [2.75, 3.05) is 0 Å². The standard InChI is InChI=1S/C72H52N6/c1-45-34-38-69-56(41-45)54-22-8-14-32-68(54)78(69)71-40-36-48(76-65-29-11-5-21-53(65)55-37-33-46(2)42-72(55)76)44-58(71)60-24-16-26-62(74-60)61-25-15-23-59(73-61)57-43-47(75-63-27-9-3-17-49(63)50-18-4-10-28-64(50)75)35-39-70(57)77-66-30-12-6-19-51(66)52-20-7-13-31-67(52)77/h3-40,43-46H,41-42H2,1-2H3. The summed E-state index contributed by atoms with van der Waals surface area (Å²) >= 11 is 0. The Morgan fingerprint density at radius 3 is 1.31 bits per heavy atom. The summed E-state index contributed by atoms with van der Waals surface area (Å²) in [4.78, 5) is 11.3. The minimum absolute atomic E-state index is 0.432. The molecule has 0 radical (unpaired) electrons. The number of aromatic nitrogens is 6. The monoisotopic (exact) mass is 1000 g/mol. The summed E-state index contributed by atoms with van der Waals surface area (Å²) in [5, 5.41) is 7.46. The second kappa shape index (κ2) is 17.4. The molecule has 0 N–H and O–H groups in total. The molecule has 8 aromatic carbocycles. The topological polar surface area (TPSA) is 45.5 Å². The van der Waals surface area contributed by atoms with Gasteiger partial charge >= 0.3 is 0 Å². The number of pyridine rings is 2. The first-order valence-electron chi connectivity index (χ1n) is 27.3. The van der Waals surface area contributed by atoms with Crippen molar-refractivity contribution in [3.63, 3.8) is 0 Å². The molecule has 2 atom stereocenters. The van der Waals surface area contributed by atoms with Gasteiger partial charge in [-0.2, -0.15) is 0 Å². The Hall–Kier alpha value is -9.78. The molecule has 370 valence electrons. The van der Waals surface area contributed by atoms with Gasteiger partial charge in [0, 0.05) is 71.8 Å². The molecule has 0 fully saturated rings. The summed E-state index contributed by atoms with van der Waals surface area (Å²) in [7, 11) is 0. The second-order valence-electron chi connectivity index (χ2n) is 21.5. The first-order chi connectivity index (χ1) is 38.5. The number of hydrogen-bond acceptors (Lipinski definition) is 2. The zero-order valence-electron chi connectivity index (χ0n) is 43.3. The van der Waals surface area contributed by atoms with Crippen molar-refractivity contribution in [3.8, 4) is 56.7 Å². The van der Waals surface area contributed by atoms with E-state index in [0.717, 1.165) is 91.6 Å². The fraction of sp³-hybridized carbons (Fsp3) is 0.0833. The molecule has 0 amide bonds. The van der Waals surface area contributed by atoms with Crippen molar-refractivity contribution in [2.45, 2.75) is 26.7 Å². The van der Waals surface area contributed by atoms with Crippen LogP contribution in [0.25, 0.3) is 134 Å². The number of para-hydroxylation sites is 6. The highest BCUT2D eigenvalue weighted by Gasteiger charge is 2.26. The smallest absolute Gasteiger partial charge is 0.0893 e. The maximum atomic E-state index is 5.66. The number of fused-ring (bicyclic) bond motifs is 12. The Labute approximate surface area is 451 Å². The third-order valence-corrected chi connectivity index (χ3v) is 16.7. The maximum Gasteiger partial charge on any atom is 0.0893 e. The molecular formula is C72H52N6. The molecule has 78 heavy (non-hydrogen) atoms. The molecule has 14 aromatic rings. The molecule has 0 saturated heterocycles. The van der Waals surface area contributed by atoms with E-state index >= 15 is 0 Å². The number of hydrogen-bond donors (Lipinski definition) is 0. The zero-order chi connectivity index (χ0) is 51.6. The number of benzene rings is 8. The van der Waals surface area contributed by atoms with Crippen LogP contribution in [0.5, 0.6) is 0 Å². The Bertz CT molecular complexity index is 4750. The zero-order valence-corrected chi connectivity index (χ0v) is 43.3. The Kier molecular flexibility index (Phi) is 9.92. The third-order valence-electron chi connectivity index (χ3n) is 16.7. The van der Waals surface area contributed by atoms with Crippen molar-refractivity contribution in [1.29, 1.82) is 0 Å². The fourth-order valence-electron chi connectivity index (χ4n) is 13.2. The molecule has 0 saturated carbocycles. The molecule has 0 aliphatic heterocycles. The van der Waals surface area contributed by atoms with Gasteiger partial charge in [0.05, 0.1) is 67.3 Å². The molecule has 0 spiro atoms. The average molecular weight is 1000 g/mol. The van der Waals surface area contributed by atoms with E-state index in [-0.39, 0.29) is 0 Å². The summed E-state index contributed by atoms with van der Waals surface area (Å²) in [6, 6.07) is 79.5. The van der Waals surface area contributed by atoms with Crippen LogP contribution in [0, 0.1) is 11.8 Å². The molecule has 2 aliphatic rings. The van der Waals surface area contributed by atoms with Crippen LogP contribution in [0.3, 0.4) is 0 Å². The van der Waals surface area contributed by atoms with Crippen LogP contribution in [-0.2, 0) is 12.8 Å². The van der Waals surface area contributed by atoms with Crippen molar-refractivity contribution >= 4 is 77.6 Å². The first-order valence-corrected chi connectivity index (χ1v) is 27.3. The van der Waals surface area contributed by atoms with Crippen LogP contribution < -0.4 is 0 Å². The van der Waals surface area contributed by atoms with Gasteiger partial charge in [-0.25, -0.2) is 9.97 Å². The quantitative estimate of drug-likeness (QED) is 0.160. The van der Waals surface area contributed by atoms with Gasteiger partial charge in [0.1, 0.15) is 0 Å². The minimum Gasteiger partial charge on any atom is -0.313 e. The van der Waals surface area contributed by atoms with E-state index in [4.69, 9.17) is 9.97 Å². The van der Waals surface area contributed by atoms with Crippen LogP contribution >= 0.6 is 0 Å². The van der Waals surface area contributed by atoms with Gasteiger partial charge in [-0.3, -0.25) is 0 Å². The lowest BCUT2D eigenvalue weighted by molar-refractivity contribution is 0.690. The number of rotatable bonds is 7. The van der Waals surface area contributed by atoms with Crippen molar-refractivity contribution in [1.82, 2.24) is 28.2 Å². The SMILES string of the molecule is CC1C=Cc2c(c3ccccc3n2-c2ccc(-n3c4c(c5ccccc53)C=CC(C)C4)cc2-c2cccc(-c3cccc(-c4cc(-n5c6ccccc6c6ccccc65)ccc4-n4c5ccccc5c5ccccc54)n3)n2)C1. The summed E-state index contributed by atoms with van der Waals surface area (Å²) < 4.78 is 9.79. The predicted octanol–water partition coefficient (Wildman–Crippen LogP) is 18.0. The summed E-state index contributed by atoms with van der Waals surface area (Å²) in [6.07, 6.45) is 11.4. The van der Waals surface area contributed by atoms with Gasteiger partial charge in [-0.1, -0.05) is 153 Å². The van der Waals surface area contributed by atoms with Gasteiger partial charge in [0.2, 0.25) is 0 Å². The lowest BCUT2D eigenvalue weighted by atomic mass is 9.93. The molecule has 6 heterocycles. The molecule has 0 bridgehead atoms. The fourth-order valence-corrected chi connectivity index (χ4v) is 13.2. The van der Waals surface area contributed by atoms with Gasteiger partial charge < -0.3 is 18.3 Å². The first kappa shape index (κ1) is 44.5. The van der Waals surface area contributed by atoms with E-state index in [1.165, 1.54) is 65.9 Å². The maximum absolute atomic E-state index is 5.66. The van der Waals surface area contributed by atoms with Crippen LogP contribution in [-0.4, -0.2) is 28.2 Å². The predicted molar refractivity (Wildman–Crippen MR) is 324 cm³/mol. The Morgan fingerprint density at radius 1 is 0.346 bits per heavy atom.